The third kappa shape index (κ3) is 29.1. The minimum absolute atomic E-state index is 0.177. The third-order valence-electron chi connectivity index (χ3n) is 21.7. The van der Waals surface area contributed by atoms with Gasteiger partial charge in [0, 0.05) is 58.9 Å². The second kappa shape index (κ2) is 52.5. The van der Waals surface area contributed by atoms with E-state index in [4.69, 9.17) is 16.0 Å². The number of aromatic amines is 3. The summed E-state index contributed by atoms with van der Waals surface area (Å²) in [5.74, 6) is 0.00838. The van der Waals surface area contributed by atoms with E-state index in [0.717, 1.165) is 111 Å². The minimum atomic E-state index is -1.01. The number of carboxylic acid groups (broad SMARTS) is 2. The molecule has 0 unspecified atom stereocenters. The molecule has 15 aromatic rings. The SMILES string of the molecule is Brc1ccccc1.CC(C)CC(c1ccc(Br)cc1)(c1ccc(Br)cc1)c1nn[nH]n1.CC(C)CC(c1ccc(C(=O)O)cc1)(c1ccc(C(=O)O)cc1)c1nn[nH]n1.COC(=O)c1ccc(C(CC(C)C)(c2ccc(C(=O)OC)cc2)c2nn[nH]n2)cc1.N#CC(c1ccc(Br)cc1)c1ccc(Br)cc1.O=Cc1ccc(Br)cc1.[C-]#[N+]C(CC(C)C)(c1ccc(Br)cc1)c1ccc(Br)cc1. The van der Waals surface area contributed by atoms with Gasteiger partial charge in [0.05, 0.1) is 64.7 Å². The van der Waals surface area contributed by atoms with Crippen molar-refractivity contribution in [2.24, 2.45) is 23.7 Å². The summed E-state index contributed by atoms with van der Waals surface area (Å²) in [4.78, 5) is 60.4. The zero-order valence-corrected chi connectivity index (χ0v) is 88.5. The number of rotatable bonds is 26. The topological polar surface area (TPSA) is 336 Å². The van der Waals surface area contributed by atoms with Gasteiger partial charge in [0.1, 0.15) is 6.29 Å². The quantitative estimate of drug-likeness (QED) is 0.0191. The number of carboxylic acids is 2. The molecule has 12 aromatic carbocycles. The van der Waals surface area contributed by atoms with Crippen LogP contribution in [0.4, 0.5) is 0 Å². The Morgan fingerprint density at radius 1 is 0.360 bits per heavy atom. The molecule has 0 spiro atoms. The number of nitriles is 1. The molecule has 0 aliphatic rings. The van der Waals surface area contributed by atoms with E-state index in [0.29, 0.717) is 58.8 Å². The number of halogens is 8. The van der Waals surface area contributed by atoms with Gasteiger partial charge in [0.2, 0.25) is 0 Å². The summed E-state index contributed by atoms with van der Waals surface area (Å²) in [5.41, 5.74) is 9.21. The molecule has 0 fully saturated rings. The Kier molecular flexibility index (Phi) is 41.7. The lowest BCUT2D eigenvalue weighted by Crippen LogP contribution is -2.33. The second-order valence-corrected chi connectivity index (χ2v) is 40.2. The van der Waals surface area contributed by atoms with Crippen LogP contribution in [0.15, 0.2) is 333 Å². The molecular formula is C105H98Br8N14O9. The first-order chi connectivity index (χ1) is 65.2. The van der Waals surface area contributed by atoms with Crippen LogP contribution in [0.3, 0.4) is 0 Å². The average Bonchev–Trinajstić information content (AvgIpc) is 1.40. The van der Waals surface area contributed by atoms with Gasteiger partial charge in [-0.3, -0.25) is 9.64 Å². The van der Waals surface area contributed by atoms with E-state index in [1.54, 1.807) is 84.9 Å². The predicted octanol–water partition coefficient (Wildman–Crippen LogP) is 27.2. The number of aldehydes is 1. The van der Waals surface area contributed by atoms with Gasteiger partial charge in [-0.2, -0.15) is 20.9 Å². The second-order valence-electron chi connectivity index (χ2n) is 32.8. The van der Waals surface area contributed by atoms with Crippen LogP contribution in [0, 0.1) is 41.6 Å². The molecule has 0 atom stereocenters. The van der Waals surface area contributed by atoms with Crippen molar-refractivity contribution in [1.29, 1.82) is 5.26 Å². The summed E-state index contributed by atoms with van der Waals surface area (Å²) in [5, 5.41) is 72.5. The number of carbonyl (C=O) groups is 5. The number of aromatic nitrogens is 12. The molecule has 698 valence electrons. The summed E-state index contributed by atoms with van der Waals surface area (Å²) >= 11 is 27.3. The summed E-state index contributed by atoms with van der Waals surface area (Å²) < 4.78 is 18.0. The maximum atomic E-state index is 11.9. The van der Waals surface area contributed by atoms with Crippen molar-refractivity contribution in [3.05, 3.63) is 445 Å². The highest BCUT2D eigenvalue weighted by molar-refractivity contribution is 9.11. The van der Waals surface area contributed by atoms with Gasteiger partial charge in [-0.1, -0.05) is 326 Å². The molecule has 3 aromatic heterocycles. The number of ether oxygens (including phenoxy) is 2. The van der Waals surface area contributed by atoms with Crippen molar-refractivity contribution in [3.63, 3.8) is 0 Å². The predicted molar refractivity (Wildman–Crippen MR) is 556 cm³/mol. The van der Waals surface area contributed by atoms with E-state index in [1.807, 2.05) is 164 Å². The number of hydrogen-bond acceptors (Lipinski definition) is 17. The number of H-pyrrole nitrogens is 3. The fraction of sp³-hybridized carbons (Fsp3) is 0.219. The smallest absolute Gasteiger partial charge is 0.337 e. The van der Waals surface area contributed by atoms with Crippen LogP contribution >= 0.6 is 127 Å². The molecule has 31 heteroatoms. The van der Waals surface area contributed by atoms with Gasteiger partial charge in [0.15, 0.2) is 17.5 Å². The van der Waals surface area contributed by atoms with Gasteiger partial charge in [-0.15, -0.1) is 30.6 Å². The van der Waals surface area contributed by atoms with E-state index in [9.17, 15) is 39.4 Å². The van der Waals surface area contributed by atoms with Crippen LogP contribution in [-0.4, -0.2) is 116 Å². The van der Waals surface area contributed by atoms with Crippen LogP contribution in [-0.2, 0) is 31.3 Å². The molecule has 15 rings (SSSR count). The third-order valence-corrected chi connectivity index (χ3v) is 25.9. The molecule has 0 saturated carbocycles. The number of benzene rings is 12. The van der Waals surface area contributed by atoms with Crippen LogP contribution in [0.2, 0.25) is 0 Å². The van der Waals surface area contributed by atoms with Crippen molar-refractivity contribution in [3.8, 4) is 6.07 Å². The molecule has 0 bridgehead atoms. The van der Waals surface area contributed by atoms with E-state index < -0.39 is 45.7 Å². The Morgan fingerprint density at radius 2 is 0.596 bits per heavy atom. The van der Waals surface area contributed by atoms with E-state index in [-0.39, 0.29) is 28.9 Å². The van der Waals surface area contributed by atoms with Crippen molar-refractivity contribution >= 4 is 158 Å². The maximum absolute atomic E-state index is 11.9. The first kappa shape index (κ1) is 108. The summed E-state index contributed by atoms with van der Waals surface area (Å²) in [6.07, 6.45) is 3.81. The number of nitrogens with zero attached hydrogens (tertiary/aromatic N) is 11. The maximum Gasteiger partial charge on any atom is 0.337 e. The van der Waals surface area contributed by atoms with E-state index >= 15 is 0 Å². The van der Waals surface area contributed by atoms with E-state index in [1.165, 1.54) is 14.2 Å². The number of methoxy groups -OCH3 is 2. The fourth-order valence-corrected chi connectivity index (χ4v) is 17.8. The number of tetrazole rings is 3. The Balaban J connectivity index is 0.000000184. The minimum Gasteiger partial charge on any atom is -0.478 e. The highest BCUT2D eigenvalue weighted by Crippen LogP contribution is 2.47. The average molecular weight is 2340 g/mol. The van der Waals surface area contributed by atoms with Gasteiger partial charge in [0.25, 0.3) is 5.54 Å². The van der Waals surface area contributed by atoms with Crippen molar-refractivity contribution in [1.82, 2.24) is 61.9 Å². The van der Waals surface area contributed by atoms with Crippen molar-refractivity contribution in [2.45, 2.75) is 109 Å². The molecule has 3 heterocycles. The Bertz CT molecular complexity index is 6090. The summed E-state index contributed by atoms with van der Waals surface area (Å²) in [7, 11) is 2.70. The van der Waals surface area contributed by atoms with Gasteiger partial charge in [-0.05, 0) is 257 Å². The first-order valence-electron chi connectivity index (χ1n) is 42.7. The zero-order valence-electron chi connectivity index (χ0n) is 75.8. The number of hydrogen-bond donors (Lipinski definition) is 5. The molecule has 23 nitrogen and oxygen atoms in total. The Hall–Kier alpha value is -11.8. The normalized spacial score (nSPS) is 11.1. The van der Waals surface area contributed by atoms with Crippen LogP contribution in [0.1, 0.15) is 212 Å². The number of esters is 2. The van der Waals surface area contributed by atoms with Gasteiger partial charge < -0.3 is 19.7 Å². The monoisotopic (exact) mass is 2330 g/mol. The van der Waals surface area contributed by atoms with Gasteiger partial charge >= 0.3 is 23.9 Å². The van der Waals surface area contributed by atoms with Crippen LogP contribution < -0.4 is 0 Å². The largest absolute Gasteiger partial charge is 0.478 e. The molecule has 0 amide bonds. The number of aromatic carboxylic acids is 2. The molecule has 0 radical (unpaired) electrons. The van der Waals surface area contributed by atoms with Crippen molar-refractivity contribution in [2.75, 3.05) is 14.2 Å². The lowest BCUT2D eigenvalue weighted by molar-refractivity contribution is 0.0592. The lowest BCUT2D eigenvalue weighted by Gasteiger charge is -2.34. The molecule has 5 N–H and O–H groups in total. The molecular weight excluding hydrogens is 2240 g/mol. The molecule has 0 saturated heterocycles. The Labute approximate surface area is 858 Å². The highest BCUT2D eigenvalue weighted by Gasteiger charge is 2.45. The Morgan fingerprint density at radius 3 is 0.801 bits per heavy atom. The van der Waals surface area contributed by atoms with Crippen molar-refractivity contribution < 1.29 is 43.7 Å². The first-order valence-corrected chi connectivity index (χ1v) is 49.1. The number of carbonyl (C=O) groups excluding carboxylic acids is 3. The van der Waals surface area contributed by atoms with Crippen LogP contribution in [0.5, 0.6) is 0 Å². The van der Waals surface area contributed by atoms with Crippen LogP contribution in [0.25, 0.3) is 4.85 Å². The lowest BCUT2D eigenvalue weighted by atomic mass is 9.68. The van der Waals surface area contributed by atoms with Gasteiger partial charge in [-0.25, -0.2) is 25.8 Å². The molecule has 0 aliphatic heterocycles. The number of nitrogens with one attached hydrogen (secondary N) is 3. The summed E-state index contributed by atoms with van der Waals surface area (Å²) in [6, 6.07) is 95.7. The standard InChI is InChI=1S/C22H24N4O4.C20H20N4O4.C18H18Br2N4.C18H17Br2N.C14H9Br2N.C7H5BrO.C6H5Br/c1-14(2)13-22(21-23-25-26-24-21,17-9-5-15(6-10-17)19(27)29-3)18-11-7-16(8-12-18)20(28)30-4;1-12(2)11-20(19-21-23-24-22-19,15-7-3-13(4-8-15)17(25)26)16-9-5-14(6-10-16)18(27)28;1-12(2)11-18(17-21-23-24-22-17,13-3-7-15(19)8-4-13)14-5-9-16(20)10-6-14;1-13(2)12-18(21-3,14-4-8-16(19)9-5-14)15-6-10-17(20)11-7-15;15-12-5-1-10(2-6-12)14(9-17)11-3-7-13(16)8-4-11;8-7-3-1-6(5-9)2-4-7;7-6-4-2-1-3-5-6/h5-12,14H,13H2,1-4H3,(H,23,24,25,26);3-10,12H,11H2,1-2H3,(H,25,26)(H,27,28)(H,21,22,23,24);3-10,12H,11H2,1-2H3,(H,21,22,23,24);4-11,13H,12H2,1-2H3;1-8,14H;1-5H;1-5H. The molecule has 0 aliphatic carbocycles. The van der Waals surface area contributed by atoms with E-state index in [2.05, 4.69) is 304 Å². The summed E-state index contributed by atoms with van der Waals surface area (Å²) in [6.45, 7) is 25.0. The molecule has 136 heavy (non-hydrogen) atoms. The fourth-order valence-electron chi connectivity index (χ4n) is 15.6. The zero-order chi connectivity index (χ0) is 98.7. The highest BCUT2D eigenvalue weighted by atomic mass is 79.9.